The molecule has 0 aliphatic carbocycles. The van der Waals surface area contributed by atoms with Gasteiger partial charge in [-0.3, -0.25) is 0 Å². The Labute approximate surface area is 117 Å². The Morgan fingerprint density at radius 2 is 1.70 bits per heavy atom. The van der Waals surface area contributed by atoms with E-state index in [-0.39, 0.29) is 5.95 Å². The molecule has 0 unspecified atom stereocenters. The fourth-order valence-corrected chi connectivity index (χ4v) is 2.43. The molecule has 1 aromatic carbocycles. The van der Waals surface area contributed by atoms with Gasteiger partial charge in [-0.05, 0) is 37.1 Å². The number of anilines is 5. The minimum atomic E-state index is 0.168. The van der Waals surface area contributed by atoms with Crippen molar-refractivity contribution in [3.63, 3.8) is 0 Å². The number of nitrogens with two attached hydrogens (primary N) is 2. The first-order chi connectivity index (χ1) is 9.70. The Hall–Kier alpha value is -2.50. The van der Waals surface area contributed by atoms with Crippen LogP contribution in [-0.4, -0.2) is 23.1 Å². The van der Waals surface area contributed by atoms with E-state index >= 15 is 0 Å². The van der Waals surface area contributed by atoms with Crippen LogP contribution in [0.4, 0.5) is 29.0 Å². The van der Waals surface area contributed by atoms with Gasteiger partial charge in [0, 0.05) is 30.5 Å². The number of aromatic nitrogens is 2. The minimum absolute atomic E-state index is 0.168. The summed E-state index contributed by atoms with van der Waals surface area (Å²) in [7, 11) is 0. The van der Waals surface area contributed by atoms with Crippen LogP contribution in [0.3, 0.4) is 0 Å². The van der Waals surface area contributed by atoms with Gasteiger partial charge in [0.25, 0.3) is 0 Å². The van der Waals surface area contributed by atoms with Gasteiger partial charge in [0.1, 0.15) is 11.6 Å². The molecular weight excluding hydrogens is 252 g/mol. The van der Waals surface area contributed by atoms with E-state index in [0.29, 0.717) is 11.6 Å². The van der Waals surface area contributed by atoms with Crippen molar-refractivity contribution in [2.24, 2.45) is 0 Å². The highest BCUT2D eigenvalue weighted by atomic mass is 15.1. The van der Waals surface area contributed by atoms with Crippen LogP contribution in [0.1, 0.15) is 12.8 Å². The van der Waals surface area contributed by atoms with Crippen molar-refractivity contribution >= 4 is 29.0 Å². The molecule has 6 nitrogen and oxygen atoms in total. The van der Waals surface area contributed by atoms with Crippen LogP contribution in [0.2, 0.25) is 0 Å². The first-order valence-electron chi connectivity index (χ1n) is 6.73. The molecule has 0 spiro atoms. The zero-order valence-corrected chi connectivity index (χ0v) is 11.2. The SMILES string of the molecule is Nc1cc(Nc2ccc(N3CCCC3)cc2)nc(N)n1. The van der Waals surface area contributed by atoms with Crippen molar-refractivity contribution in [1.82, 2.24) is 9.97 Å². The van der Waals surface area contributed by atoms with E-state index in [1.807, 2.05) is 12.1 Å². The first kappa shape index (κ1) is 12.5. The second-order valence-corrected chi connectivity index (χ2v) is 4.90. The number of nitrogens with one attached hydrogen (secondary N) is 1. The molecule has 104 valence electrons. The maximum atomic E-state index is 5.64. The number of benzene rings is 1. The van der Waals surface area contributed by atoms with Crippen LogP contribution >= 0.6 is 0 Å². The molecule has 1 fully saturated rings. The van der Waals surface area contributed by atoms with Crippen LogP contribution < -0.4 is 21.7 Å². The smallest absolute Gasteiger partial charge is 0.223 e. The van der Waals surface area contributed by atoms with E-state index in [0.717, 1.165) is 18.8 Å². The third-order valence-corrected chi connectivity index (χ3v) is 3.37. The maximum absolute atomic E-state index is 5.64. The Morgan fingerprint density at radius 3 is 2.35 bits per heavy atom. The first-order valence-corrected chi connectivity index (χ1v) is 6.73. The lowest BCUT2D eigenvalue weighted by atomic mass is 10.2. The lowest BCUT2D eigenvalue weighted by Gasteiger charge is -2.17. The second-order valence-electron chi connectivity index (χ2n) is 4.90. The van der Waals surface area contributed by atoms with E-state index in [9.17, 15) is 0 Å². The van der Waals surface area contributed by atoms with Gasteiger partial charge >= 0.3 is 0 Å². The third-order valence-electron chi connectivity index (χ3n) is 3.37. The summed E-state index contributed by atoms with van der Waals surface area (Å²) in [6.07, 6.45) is 2.55. The molecule has 2 aromatic rings. The Morgan fingerprint density at radius 1 is 1.00 bits per heavy atom. The van der Waals surface area contributed by atoms with Crippen molar-refractivity contribution in [3.8, 4) is 0 Å². The largest absolute Gasteiger partial charge is 0.383 e. The second kappa shape index (κ2) is 5.24. The summed E-state index contributed by atoms with van der Waals surface area (Å²) in [5, 5.41) is 3.17. The number of hydrogen-bond acceptors (Lipinski definition) is 6. The summed E-state index contributed by atoms with van der Waals surface area (Å²) in [6.45, 7) is 2.29. The number of nitrogen functional groups attached to an aromatic ring is 2. The number of hydrogen-bond donors (Lipinski definition) is 3. The maximum Gasteiger partial charge on any atom is 0.223 e. The minimum Gasteiger partial charge on any atom is -0.383 e. The summed E-state index contributed by atoms with van der Waals surface area (Å²) in [5.41, 5.74) is 13.4. The summed E-state index contributed by atoms with van der Waals surface area (Å²) >= 11 is 0. The summed E-state index contributed by atoms with van der Waals surface area (Å²) in [6, 6.07) is 9.94. The normalized spacial score (nSPS) is 14.5. The Bertz CT molecular complexity index is 569. The zero-order chi connectivity index (χ0) is 13.9. The van der Waals surface area contributed by atoms with Crippen molar-refractivity contribution in [1.29, 1.82) is 0 Å². The van der Waals surface area contributed by atoms with Gasteiger partial charge in [0.05, 0.1) is 0 Å². The highest BCUT2D eigenvalue weighted by Gasteiger charge is 2.11. The molecule has 1 aliphatic rings. The molecule has 3 rings (SSSR count). The number of nitrogens with zero attached hydrogens (tertiary/aromatic N) is 3. The molecule has 0 amide bonds. The fraction of sp³-hybridized carbons (Fsp3) is 0.286. The van der Waals surface area contributed by atoms with Gasteiger partial charge in [0.2, 0.25) is 5.95 Å². The molecule has 0 atom stereocenters. The van der Waals surface area contributed by atoms with Gasteiger partial charge < -0.3 is 21.7 Å². The molecule has 0 saturated carbocycles. The lowest BCUT2D eigenvalue weighted by molar-refractivity contribution is 0.949. The monoisotopic (exact) mass is 270 g/mol. The average molecular weight is 270 g/mol. The molecule has 1 aromatic heterocycles. The van der Waals surface area contributed by atoms with Gasteiger partial charge in [-0.25, -0.2) is 0 Å². The molecule has 5 N–H and O–H groups in total. The standard InChI is InChI=1S/C14H18N6/c15-12-9-13(19-14(16)18-12)17-10-3-5-11(6-4-10)20-7-1-2-8-20/h3-6,9H,1-2,7-8H2,(H5,15,16,17,18,19). The lowest BCUT2D eigenvalue weighted by Crippen LogP contribution is -2.17. The zero-order valence-electron chi connectivity index (χ0n) is 11.2. The van der Waals surface area contributed by atoms with E-state index in [1.54, 1.807) is 6.07 Å². The van der Waals surface area contributed by atoms with Crippen LogP contribution in [0.25, 0.3) is 0 Å². The van der Waals surface area contributed by atoms with E-state index in [2.05, 4.69) is 32.3 Å². The highest BCUT2D eigenvalue weighted by molar-refractivity contribution is 5.63. The van der Waals surface area contributed by atoms with Gasteiger partial charge in [-0.15, -0.1) is 0 Å². The van der Waals surface area contributed by atoms with E-state index in [1.165, 1.54) is 18.5 Å². The third kappa shape index (κ3) is 2.74. The van der Waals surface area contributed by atoms with Crippen LogP contribution in [0, 0.1) is 0 Å². The van der Waals surface area contributed by atoms with Crippen LogP contribution in [-0.2, 0) is 0 Å². The molecule has 20 heavy (non-hydrogen) atoms. The van der Waals surface area contributed by atoms with Crippen molar-refractivity contribution in [2.45, 2.75) is 12.8 Å². The van der Waals surface area contributed by atoms with Crippen molar-refractivity contribution in [2.75, 3.05) is 34.8 Å². The molecule has 2 heterocycles. The summed E-state index contributed by atoms with van der Waals surface area (Å²) in [4.78, 5) is 10.3. The molecule has 1 aliphatic heterocycles. The van der Waals surface area contributed by atoms with Gasteiger partial charge in [-0.2, -0.15) is 9.97 Å². The van der Waals surface area contributed by atoms with Gasteiger partial charge in [-0.1, -0.05) is 0 Å². The summed E-state index contributed by atoms with van der Waals surface area (Å²) < 4.78 is 0. The quantitative estimate of drug-likeness (QED) is 0.789. The molecule has 6 heteroatoms. The summed E-state index contributed by atoms with van der Waals surface area (Å²) in [5.74, 6) is 1.12. The molecule has 1 saturated heterocycles. The Balaban J connectivity index is 1.74. The van der Waals surface area contributed by atoms with E-state index < -0.39 is 0 Å². The predicted molar refractivity (Wildman–Crippen MR) is 82.0 cm³/mol. The highest BCUT2D eigenvalue weighted by Crippen LogP contribution is 2.23. The van der Waals surface area contributed by atoms with E-state index in [4.69, 9.17) is 11.5 Å². The topological polar surface area (TPSA) is 93.1 Å². The number of rotatable bonds is 3. The predicted octanol–water partition coefficient (Wildman–Crippen LogP) is 1.98. The van der Waals surface area contributed by atoms with Crippen LogP contribution in [0.5, 0.6) is 0 Å². The Kier molecular flexibility index (Phi) is 3.28. The van der Waals surface area contributed by atoms with Crippen molar-refractivity contribution in [3.05, 3.63) is 30.3 Å². The average Bonchev–Trinajstić information content (AvgIpc) is 2.92. The molecule has 0 bridgehead atoms. The van der Waals surface area contributed by atoms with Gasteiger partial charge in [0.15, 0.2) is 0 Å². The van der Waals surface area contributed by atoms with Crippen molar-refractivity contribution < 1.29 is 0 Å². The molecule has 0 radical (unpaired) electrons. The van der Waals surface area contributed by atoms with Crippen LogP contribution in [0.15, 0.2) is 30.3 Å². The molecular formula is C14H18N6. The fourth-order valence-electron chi connectivity index (χ4n) is 2.43.